The number of hydrogen-bond donors (Lipinski definition) is 2. The lowest BCUT2D eigenvalue weighted by molar-refractivity contribution is -0.129. The predicted molar refractivity (Wildman–Crippen MR) is 131 cm³/mol. The van der Waals surface area contributed by atoms with E-state index in [0.29, 0.717) is 5.02 Å². The summed E-state index contributed by atoms with van der Waals surface area (Å²) in [5.41, 5.74) is 1.50. The van der Waals surface area contributed by atoms with Crippen LogP contribution in [0.15, 0.2) is 41.3 Å². The van der Waals surface area contributed by atoms with Crippen molar-refractivity contribution in [3.05, 3.63) is 53.1 Å². The number of methoxy groups -OCH3 is 1. The molecule has 0 fully saturated rings. The summed E-state index contributed by atoms with van der Waals surface area (Å²) in [4.78, 5) is 25.0. The van der Waals surface area contributed by atoms with Crippen molar-refractivity contribution in [3.63, 3.8) is 0 Å². The van der Waals surface area contributed by atoms with E-state index in [9.17, 15) is 18.4 Å². The second-order valence-electron chi connectivity index (χ2n) is 6.79. The number of carbonyl (C=O) groups is 2. The first kappa shape index (κ1) is 31.0. The van der Waals surface area contributed by atoms with Crippen LogP contribution in [0.3, 0.4) is 0 Å². The van der Waals surface area contributed by atoms with Crippen molar-refractivity contribution in [1.82, 2.24) is 14.7 Å². The van der Waals surface area contributed by atoms with Gasteiger partial charge in [0.15, 0.2) is 17.4 Å². The zero-order valence-corrected chi connectivity index (χ0v) is 21.2. The number of amides is 2. The number of likely N-dealkylation sites (N-methyl/N-ethyl adjacent to an activating group) is 1. The number of rotatable bonds is 12. The van der Waals surface area contributed by atoms with Crippen LogP contribution < -0.4 is 10.2 Å². The van der Waals surface area contributed by atoms with Crippen LogP contribution in [0.4, 0.5) is 13.6 Å². The fourth-order valence-corrected chi connectivity index (χ4v) is 3.58. The van der Waals surface area contributed by atoms with Crippen molar-refractivity contribution in [1.29, 1.82) is 0 Å². The Balaban J connectivity index is 0.00000316. The molecule has 0 spiro atoms. The maximum atomic E-state index is 14.6. The van der Waals surface area contributed by atoms with Crippen molar-refractivity contribution in [2.24, 2.45) is 0 Å². The number of hydrogen-bond acceptors (Lipinski definition) is 8. The second-order valence-corrected chi connectivity index (χ2v) is 8.40. The third-order valence-electron chi connectivity index (χ3n) is 4.19. The van der Waals surface area contributed by atoms with Gasteiger partial charge in [-0.15, -0.1) is 12.8 Å². The van der Waals surface area contributed by atoms with E-state index in [0.717, 1.165) is 24.1 Å². The minimum Gasteiger partial charge on any atom is -0.451 e. The van der Waals surface area contributed by atoms with Gasteiger partial charge in [-0.2, -0.15) is 0 Å². The standard InChI is InChI=1S/C21H24ClF2N3O6S.C2H2/c1-26(21(29)32-10-9-31-2)7-8-27(13-19(28)25-30)34-16-11-17(23)20(18(24)12-16)33-15-5-3-14(22)4-6-15;1-2/h3-6,11-12,30H,7-10,13H2,1-2H3,(H,25,28);1-2H. The molecule has 0 aliphatic heterocycles. The largest absolute Gasteiger partial charge is 0.451 e. The summed E-state index contributed by atoms with van der Waals surface area (Å²) in [6.45, 7) is 0.238. The number of ether oxygens (including phenoxy) is 3. The van der Waals surface area contributed by atoms with Gasteiger partial charge in [-0.1, -0.05) is 11.6 Å². The van der Waals surface area contributed by atoms with Gasteiger partial charge in [0.2, 0.25) is 0 Å². The van der Waals surface area contributed by atoms with Gasteiger partial charge in [0, 0.05) is 37.2 Å². The molecule has 0 aromatic heterocycles. The number of carbonyl (C=O) groups excluding carboxylic acids is 2. The highest BCUT2D eigenvalue weighted by Crippen LogP contribution is 2.33. The van der Waals surface area contributed by atoms with E-state index in [4.69, 9.17) is 31.0 Å². The van der Waals surface area contributed by atoms with Crippen LogP contribution in [0, 0.1) is 24.5 Å². The molecule has 36 heavy (non-hydrogen) atoms. The number of benzene rings is 2. The first-order chi connectivity index (χ1) is 17.2. The summed E-state index contributed by atoms with van der Waals surface area (Å²) in [6.07, 6.45) is 7.40. The molecule has 2 aromatic rings. The van der Waals surface area contributed by atoms with E-state index in [1.807, 2.05) is 0 Å². The van der Waals surface area contributed by atoms with Crippen LogP contribution in [-0.2, 0) is 14.3 Å². The SMILES string of the molecule is C#C.COCCOC(=O)N(C)CCN(CC(=O)NO)Sc1cc(F)c(Oc2ccc(Cl)cc2)c(F)c1. The van der Waals surface area contributed by atoms with Crippen molar-refractivity contribution >= 4 is 35.5 Å². The average molecular weight is 546 g/mol. The molecule has 0 aliphatic rings. The predicted octanol–water partition coefficient (Wildman–Crippen LogP) is 4.19. The van der Waals surface area contributed by atoms with Crippen LogP contribution in [0.25, 0.3) is 0 Å². The summed E-state index contributed by atoms with van der Waals surface area (Å²) in [7, 11) is 2.97. The first-order valence-electron chi connectivity index (χ1n) is 10.2. The summed E-state index contributed by atoms with van der Waals surface area (Å²) < 4.78 is 45.7. The van der Waals surface area contributed by atoms with E-state index in [2.05, 4.69) is 12.8 Å². The normalized spacial score (nSPS) is 10.2. The van der Waals surface area contributed by atoms with Gasteiger partial charge in [-0.25, -0.2) is 23.4 Å². The Hall–Kier alpha value is -3.08. The smallest absolute Gasteiger partial charge is 0.409 e. The van der Waals surface area contributed by atoms with Crippen molar-refractivity contribution in [2.75, 3.05) is 47.0 Å². The van der Waals surface area contributed by atoms with E-state index in [1.54, 1.807) is 0 Å². The van der Waals surface area contributed by atoms with Crippen molar-refractivity contribution in [2.45, 2.75) is 4.90 Å². The Morgan fingerprint density at radius 3 is 2.28 bits per heavy atom. The molecule has 13 heteroatoms. The Bertz CT molecular complexity index is 990. The van der Waals surface area contributed by atoms with Gasteiger partial charge in [0.1, 0.15) is 12.4 Å². The Morgan fingerprint density at radius 2 is 1.72 bits per heavy atom. The van der Waals surface area contributed by atoms with Crippen LogP contribution in [-0.4, -0.2) is 73.4 Å². The zero-order valence-electron chi connectivity index (χ0n) is 19.6. The zero-order chi connectivity index (χ0) is 27.1. The molecule has 0 saturated heterocycles. The average Bonchev–Trinajstić information content (AvgIpc) is 2.86. The number of terminal acetylenes is 1. The molecular formula is C23H26ClF2N3O6S. The fourth-order valence-electron chi connectivity index (χ4n) is 2.48. The fraction of sp³-hybridized carbons (Fsp3) is 0.304. The molecule has 0 heterocycles. The van der Waals surface area contributed by atoms with Gasteiger partial charge in [0.05, 0.1) is 13.2 Å². The Labute approximate surface area is 217 Å². The molecule has 0 radical (unpaired) electrons. The van der Waals surface area contributed by atoms with Crippen molar-refractivity contribution in [3.8, 4) is 24.3 Å². The highest BCUT2D eigenvalue weighted by Gasteiger charge is 2.19. The second kappa shape index (κ2) is 16.6. The third-order valence-corrected chi connectivity index (χ3v) is 5.46. The van der Waals surface area contributed by atoms with E-state index in [1.165, 1.54) is 53.1 Å². The lowest BCUT2D eigenvalue weighted by atomic mass is 10.3. The summed E-state index contributed by atoms with van der Waals surface area (Å²) >= 11 is 6.66. The van der Waals surface area contributed by atoms with Gasteiger partial charge in [0.25, 0.3) is 5.91 Å². The topological polar surface area (TPSA) is 101 Å². The minimum absolute atomic E-state index is 0.0774. The summed E-state index contributed by atoms with van der Waals surface area (Å²) in [6, 6.07) is 8.07. The van der Waals surface area contributed by atoms with Crippen molar-refractivity contribution < 1.29 is 37.8 Å². The third kappa shape index (κ3) is 10.7. The molecule has 2 aromatic carbocycles. The Kier molecular flexibility index (Phi) is 14.2. The van der Waals surface area contributed by atoms with E-state index < -0.39 is 29.4 Å². The van der Waals surface area contributed by atoms with E-state index in [-0.39, 0.29) is 43.5 Å². The summed E-state index contributed by atoms with van der Waals surface area (Å²) in [5, 5.41) is 9.29. The maximum Gasteiger partial charge on any atom is 0.409 e. The molecule has 0 bridgehead atoms. The molecule has 0 aliphatic carbocycles. The molecule has 2 rings (SSSR count). The van der Waals surface area contributed by atoms with E-state index >= 15 is 0 Å². The number of hydroxylamine groups is 1. The Morgan fingerprint density at radius 1 is 1.11 bits per heavy atom. The highest BCUT2D eigenvalue weighted by atomic mass is 35.5. The summed E-state index contributed by atoms with van der Waals surface area (Å²) in [5.74, 6) is -3.05. The number of nitrogens with one attached hydrogen (secondary N) is 1. The maximum absolute atomic E-state index is 14.6. The van der Waals surface area contributed by atoms with Gasteiger partial charge in [-0.05, 0) is 48.3 Å². The molecule has 196 valence electrons. The first-order valence-corrected chi connectivity index (χ1v) is 11.4. The molecule has 2 amide bonds. The molecular weight excluding hydrogens is 520 g/mol. The van der Waals surface area contributed by atoms with Crippen LogP contribution in [0.1, 0.15) is 0 Å². The number of halogens is 3. The van der Waals surface area contributed by atoms with Gasteiger partial charge < -0.3 is 19.1 Å². The lowest BCUT2D eigenvalue weighted by Gasteiger charge is -2.24. The molecule has 9 nitrogen and oxygen atoms in total. The van der Waals surface area contributed by atoms with Crippen LogP contribution >= 0.6 is 23.5 Å². The van der Waals surface area contributed by atoms with Gasteiger partial charge >= 0.3 is 6.09 Å². The molecule has 0 saturated carbocycles. The molecule has 0 unspecified atom stereocenters. The lowest BCUT2D eigenvalue weighted by Crippen LogP contribution is -2.38. The quantitative estimate of drug-likeness (QED) is 0.135. The van der Waals surface area contributed by atoms with Gasteiger partial charge in [-0.3, -0.25) is 10.0 Å². The van der Waals surface area contributed by atoms with Crippen LogP contribution in [0.2, 0.25) is 5.02 Å². The molecule has 0 atom stereocenters. The monoisotopic (exact) mass is 545 g/mol. The number of nitrogens with zero attached hydrogens (tertiary/aromatic N) is 2. The minimum atomic E-state index is -0.956. The van der Waals surface area contributed by atoms with Crippen LogP contribution in [0.5, 0.6) is 11.5 Å². The highest BCUT2D eigenvalue weighted by molar-refractivity contribution is 7.97. The molecule has 2 N–H and O–H groups in total.